The molecule has 1 heterocycles. The van der Waals surface area contributed by atoms with E-state index in [1.807, 2.05) is 45.0 Å². The zero-order chi connectivity index (χ0) is 24.1. The van der Waals surface area contributed by atoms with Crippen LogP contribution in [0.3, 0.4) is 0 Å². The van der Waals surface area contributed by atoms with Gasteiger partial charge in [0.05, 0.1) is 13.0 Å². The number of hydrogen-bond donors (Lipinski definition) is 2. The summed E-state index contributed by atoms with van der Waals surface area (Å²) >= 11 is 0. The molecule has 1 aromatic heterocycles. The van der Waals surface area contributed by atoms with Crippen molar-refractivity contribution in [3.8, 4) is 0 Å². The zero-order valence-electron chi connectivity index (χ0n) is 18.8. The number of hydrogen-bond acceptors (Lipinski definition) is 5. The molecule has 0 saturated heterocycles. The molecular formula is C24H27FN4O4. The molecule has 0 unspecified atom stereocenters. The molecule has 0 aliphatic heterocycles. The van der Waals surface area contributed by atoms with Crippen LogP contribution in [0.1, 0.15) is 37.0 Å². The molecule has 0 fully saturated rings. The average molecular weight is 455 g/mol. The summed E-state index contributed by atoms with van der Waals surface area (Å²) in [7, 11) is 0. The van der Waals surface area contributed by atoms with E-state index in [1.54, 1.807) is 12.1 Å². The normalized spacial score (nSPS) is 11.1. The fourth-order valence-electron chi connectivity index (χ4n) is 3.40. The van der Waals surface area contributed by atoms with E-state index < -0.39 is 29.6 Å². The highest BCUT2D eigenvalue weighted by Crippen LogP contribution is 2.20. The van der Waals surface area contributed by atoms with E-state index in [9.17, 15) is 18.8 Å². The summed E-state index contributed by atoms with van der Waals surface area (Å²) in [6.07, 6.45) is 0.193. The minimum atomic E-state index is -1.13. The van der Waals surface area contributed by atoms with Crippen LogP contribution in [0.4, 0.5) is 16.0 Å². The Morgan fingerprint density at radius 1 is 1.12 bits per heavy atom. The molecule has 3 rings (SSSR count). The van der Waals surface area contributed by atoms with E-state index in [-0.39, 0.29) is 25.0 Å². The highest BCUT2D eigenvalue weighted by molar-refractivity contribution is 5.66. The summed E-state index contributed by atoms with van der Waals surface area (Å²) in [6, 6.07) is 12.1. The molecule has 2 N–H and O–H groups in total. The Hall–Kier alpha value is -3.75. The number of anilines is 2. The standard InChI is InChI=1S/C24H27FN4O4/c1-15(2)12-18-8-9-19(13-20(18)25)26-22-27-23(32)28(11-10-21(30)31)24(33)29(22)14-17-6-4-16(3)5-7-17/h4-9,13,15H,10-12,14H2,1-3H3,(H,30,31)(H,26,27,32). The van der Waals surface area contributed by atoms with Crippen molar-refractivity contribution in [1.82, 2.24) is 14.1 Å². The van der Waals surface area contributed by atoms with Crippen LogP contribution in [0.2, 0.25) is 0 Å². The van der Waals surface area contributed by atoms with Crippen molar-refractivity contribution >= 4 is 17.6 Å². The van der Waals surface area contributed by atoms with Crippen LogP contribution < -0.4 is 16.7 Å². The number of carboxylic acids is 1. The topological polar surface area (TPSA) is 106 Å². The van der Waals surface area contributed by atoms with Gasteiger partial charge >= 0.3 is 17.3 Å². The second kappa shape index (κ2) is 10.2. The lowest BCUT2D eigenvalue weighted by molar-refractivity contribution is -0.137. The van der Waals surface area contributed by atoms with Gasteiger partial charge in [0.2, 0.25) is 5.95 Å². The van der Waals surface area contributed by atoms with Crippen LogP contribution in [-0.4, -0.2) is 25.2 Å². The molecule has 0 saturated carbocycles. The number of aryl methyl sites for hydroxylation is 1. The first-order valence-electron chi connectivity index (χ1n) is 10.7. The van der Waals surface area contributed by atoms with Gasteiger partial charge in [-0.2, -0.15) is 4.98 Å². The van der Waals surface area contributed by atoms with Gasteiger partial charge in [-0.1, -0.05) is 49.7 Å². The van der Waals surface area contributed by atoms with E-state index in [2.05, 4.69) is 10.3 Å². The van der Waals surface area contributed by atoms with Crippen molar-refractivity contribution in [2.24, 2.45) is 5.92 Å². The van der Waals surface area contributed by atoms with E-state index >= 15 is 0 Å². The van der Waals surface area contributed by atoms with Crippen molar-refractivity contribution in [2.45, 2.75) is 46.7 Å². The van der Waals surface area contributed by atoms with E-state index in [0.29, 0.717) is 17.7 Å². The molecule has 174 valence electrons. The molecule has 0 atom stereocenters. The van der Waals surface area contributed by atoms with E-state index in [4.69, 9.17) is 5.11 Å². The minimum Gasteiger partial charge on any atom is -0.481 e. The summed E-state index contributed by atoms with van der Waals surface area (Å²) in [5, 5.41) is 11.8. The van der Waals surface area contributed by atoms with Crippen LogP contribution in [-0.2, 0) is 24.3 Å². The van der Waals surface area contributed by atoms with Gasteiger partial charge in [-0.15, -0.1) is 0 Å². The number of nitrogens with zero attached hydrogens (tertiary/aromatic N) is 3. The Kier molecular flexibility index (Phi) is 7.42. The summed E-state index contributed by atoms with van der Waals surface area (Å²) in [5.41, 5.74) is 1.18. The van der Waals surface area contributed by atoms with Crippen molar-refractivity contribution in [3.05, 3.63) is 85.9 Å². The maximum Gasteiger partial charge on any atom is 0.354 e. The molecule has 9 heteroatoms. The SMILES string of the molecule is Cc1ccc(Cn2c(Nc3ccc(CC(C)C)c(F)c3)nc(=O)n(CCC(=O)O)c2=O)cc1. The van der Waals surface area contributed by atoms with Gasteiger partial charge in [-0.3, -0.25) is 9.36 Å². The fraction of sp³-hybridized carbons (Fsp3) is 0.333. The monoisotopic (exact) mass is 454 g/mol. The highest BCUT2D eigenvalue weighted by Gasteiger charge is 2.16. The number of carboxylic acid groups (broad SMARTS) is 1. The number of nitrogens with one attached hydrogen (secondary N) is 1. The molecule has 0 spiro atoms. The summed E-state index contributed by atoms with van der Waals surface area (Å²) < 4.78 is 16.6. The molecule has 0 aliphatic carbocycles. The molecule has 2 aromatic carbocycles. The van der Waals surface area contributed by atoms with Crippen LogP contribution >= 0.6 is 0 Å². The van der Waals surface area contributed by atoms with Gasteiger partial charge in [-0.25, -0.2) is 18.5 Å². The van der Waals surface area contributed by atoms with Crippen LogP contribution in [0.25, 0.3) is 0 Å². The minimum absolute atomic E-state index is 0.0480. The van der Waals surface area contributed by atoms with Gasteiger partial charge in [0.15, 0.2) is 0 Å². The number of benzene rings is 2. The lowest BCUT2D eigenvalue weighted by Crippen LogP contribution is -2.43. The molecule has 8 nitrogen and oxygen atoms in total. The van der Waals surface area contributed by atoms with Gasteiger partial charge in [0.25, 0.3) is 0 Å². The number of aromatic nitrogens is 3. The third-order valence-electron chi connectivity index (χ3n) is 5.10. The fourth-order valence-corrected chi connectivity index (χ4v) is 3.40. The Morgan fingerprint density at radius 2 is 1.82 bits per heavy atom. The van der Waals surface area contributed by atoms with Gasteiger partial charge in [0, 0.05) is 12.2 Å². The molecular weight excluding hydrogens is 427 g/mol. The predicted molar refractivity (Wildman–Crippen MR) is 124 cm³/mol. The number of halogens is 1. The first-order chi connectivity index (χ1) is 15.6. The zero-order valence-corrected chi connectivity index (χ0v) is 18.8. The smallest absolute Gasteiger partial charge is 0.354 e. The molecule has 0 bridgehead atoms. The Morgan fingerprint density at radius 3 is 2.42 bits per heavy atom. The Balaban J connectivity index is 2.02. The third kappa shape index (κ3) is 6.15. The molecule has 0 amide bonds. The van der Waals surface area contributed by atoms with E-state index in [1.165, 1.54) is 10.6 Å². The lowest BCUT2D eigenvalue weighted by atomic mass is 10.0. The predicted octanol–water partition coefficient (Wildman–Crippen LogP) is 3.32. The van der Waals surface area contributed by atoms with Gasteiger partial charge in [0.1, 0.15) is 5.82 Å². The maximum atomic E-state index is 14.5. The third-order valence-corrected chi connectivity index (χ3v) is 5.10. The van der Waals surface area contributed by atoms with Crippen LogP contribution in [0.5, 0.6) is 0 Å². The molecule has 0 aliphatic rings. The Bertz CT molecular complexity index is 1260. The van der Waals surface area contributed by atoms with E-state index in [0.717, 1.165) is 15.7 Å². The van der Waals surface area contributed by atoms with Crippen LogP contribution in [0.15, 0.2) is 52.1 Å². The molecule has 0 radical (unpaired) electrons. The first-order valence-corrected chi connectivity index (χ1v) is 10.7. The number of aliphatic carboxylic acids is 1. The number of carbonyl (C=O) groups is 1. The number of rotatable bonds is 9. The largest absolute Gasteiger partial charge is 0.481 e. The Labute approximate surface area is 190 Å². The van der Waals surface area contributed by atoms with Gasteiger partial charge in [-0.05, 0) is 42.5 Å². The van der Waals surface area contributed by atoms with Crippen LogP contribution in [0, 0.1) is 18.7 Å². The van der Waals surface area contributed by atoms with Gasteiger partial charge < -0.3 is 10.4 Å². The second-order valence-corrected chi connectivity index (χ2v) is 8.40. The van der Waals surface area contributed by atoms with Crippen molar-refractivity contribution in [1.29, 1.82) is 0 Å². The van der Waals surface area contributed by atoms with Crippen molar-refractivity contribution < 1.29 is 14.3 Å². The average Bonchev–Trinajstić information content (AvgIpc) is 2.73. The van der Waals surface area contributed by atoms with Crippen molar-refractivity contribution in [3.63, 3.8) is 0 Å². The van der Waals surface area contributed by atoms with Crippen molar-refractivity contribution in [2.75, 3.05) is 5.32 Å². The molecule has 3 aromatic rings. The quantitative estimate of drug-likeness (QED) is 0.514. The summed E-state index contributed by atoms with van der Waals surface area (Å²) in [6.45, 7) is 5.73. The lowest BCUT2D eigenvalue weighted by Gasteiger charge is -2.16. The summed E-state index contributed by atoms with van der Waals surface area (Å²) in [5.74, 6) is -1.28. The first kappa shape index (κ1) is 23.9. The summed E-state index contributed by atoms with van der Waals surface area (Å²) in [4.78, 5) is 40.5. The maximum absolute atomic E-state index is 14.5. The molecule has 33 heavy (non-hydrogen) atoms. The second-order valence-electron chi connectivity index (χ2n) is 8.40. The highest BCUT2D eigenvalue weighted by atomic mass is 19.1.